The van der Waals surface area contributed by atoms with Crippen LogP contribution in [0.5, 0.6) is 0 Å². The van der Waals surface area contributed by atoms with Crippen LogP contribution in [0.1, 0.15) is 25.3 Å². The van der Waals surface area contributed by atoms with Crippen molar-refractivity contribution >= 4 is 22.4 Å². The average molecular weight is 342 g/mol. The fourth-order valence-corrected chi connectivity index (χ4v) is 3.19. The highest BCUT2D eigenvalue weighted by Gasteiger charge is 2.09. The van der Waals surface area contributed by atoms with Crippen LogP contribution in [0.4, 0.5) is 11.5 Å². The number of anilines is 2. The van der Waals surface area contributed by atoms with Gasteiger partial charge in [-0.25, -0.2) is 4.98 Å². The summed E-state index contributed by atoms with van der Waals surface area (Å²) in [5, 5.41) is 4.52. The molecule has 130 valence electrons. The first-order valence-corrected chi connectivity index (χ1v) is 8.84. The molecule has 4 nitrogen and oxygen atoms in total. The zero-order valence-electron chi connectivity index (χ0n) is 15.3. The van der Waals surface area contributed by atoms with E-state index in [9.17, 15) is 0 Å². The molecule has 0 saturated heterocycles. The van der Waals surface area contributed by atoms with Gasteiger partial charge in [-0.2, -0.15) is 0 Å². The van der Waals surface area contributed by atoms with Crippen LogP contribution >= 0.6 is 0 Å². The topological polar surface area (TPSA) is 42.7 Å². The molecular formula is C22H22N4. The van der Waals surface area contributed by atoms with E-state index < -0.39 is 0 Å². The van der Waals surface area contributed by atoms with E-state index in [0.717, 1.165) is 33.7 Å². The number of hydrogen-bond acceptors (Lipinski definition) is 3. The summed E-state index contributed by atoms with van der Waals surface area (Å²) >= 11 is 0. The Bertz CT molecular complexity index is 1030. The first kappa shape index (κ1) is 16.3. The fourth-order valence-electron chi connectivity index (χ4n) is 3.19. The van der Waals surface area contributed by atoms with Crippen LogP contribution in [0.3, 0.4) is 0 Å². The zero-order valence-corrected chi connectivity index (χ0v) is 15.3. The second-order valence-electron chi connectivity index (χ2n) is 6.86. The van der Waals surface area contributed by atoms with Gasteiger partial charge in [0.2, 0.25) is 0 Å². The number of benzene rings is 1. The second-order valence-corrected chi connectivity index (χ2v) is 6.86. The number of nitrogens with one attached hydrogen (secondary N) is 1. The van der Waals surface area contributed by atoms with Crippen molar-refractivity contribution in [1.82, 2.24) is 14.5 Å². The lowest BCUT2D eigenvalue weighted by atomic mass is 10.0. The second kappa shape index (κ2) is 6.64. The molecule has 0 unspecified atom stereocenters. The van der Waals surface area contributed by atoms with Gasteiger partial charge in [0.25, 0.3) is 0 Å². The molecule has 0 bridgehead atoms. The lowest BCUT2D eigenvalue weighted by molar-refractivity contribution is 0.867. The van der Waals surface area contributed by atoms with Gasteiger partial charge in [0.15, 0.2) is 0 Å². The van der Waals surface area contributed by atoms with E-state index in [2.05, 4.69) is 83.2 Å². The SMILES string of the molecule is CC(C)c1ccc(Nc2cc3c(cn2)cc(-c2cccnc2)n3C)cc1. The minimum Gasteiger partial charge on any atom is -0.343 e. The van der Waals surface area contributed by atoms with Gasteiger partial charge in [0.1, 0.15) is 5.82 Å². The third-order valence-electron chi connectivity index (χ3n) is 4.73. The maximum absolute atomic E-state index is 4.57. The molecule has 4 rings (SSSR count). The Morgan fingerprint density at radius 3 is 2.50 bits per heavy atom. The molecule has 0 spiro atoms. The lowest BCUT2D eigenvalue weighted by Gasteiger charge is -2.09. The zero-order chi connectivity index (χ0) is 18.1. The molecule has 0 fully saturated rings. The molecule has 26 heavy (non-hydrogen) atoms. The lowest BCUT2D eigenvalue weighted by Crippen LogP contribution is -1.96. The number of nitrogens with zero attached hydrogens (tertiary/aromatic N) is 3. The number of aryl methyl sites for hydroxylation is 1. The van der Waals surface area contributed by atoms with Gasteiger partial charge in [-0.05, 0) is 41.8 Å². The Labute approximate surface area is 153 Å². The maximum Gasteiger partial charge on any atom is 0.132 e. The van der Waals surface area contributed by atoms with Crippen molar-refractivity contribution in [3.63, 3.8) is 0 Å². The molecule has 4 heteroatoms. The molecule has 0 radical (unpaired) electrons. The molecule has 0 aliphatic rings. The van der Waals surface area contributed by atoms with Crippen LogP contribution in [0.25, 0.3) is 22.2 Å². The average Bonchev–Trinajstić information content (AvgIpc) is 2.99. The Morgan fingerprint density at radius 2 is 1.81 bits per heavy atom. The van der Waals surface area contributed by atoms with Crippen LogP contribution in [0.2, 0.25) is 0 Å². The van der Waals surface area contributed by atoms with E-state index in [0.29, 0.717) is 5.92 Å². The summed E-state index contributed by atoms with van der Waals surface area (Å²) in [5.41, 5.74) is 5.75. The number of rotatable bonds is 4. The smallest absolute Gasteiger partial charge is 0.132 e. The van der Waals surface area contributed by atoms with Gasteiger partial charge in [0, 0.05) is 48.3 Å². The highest BCUT2D eigenvalue weighted by molar-refractivity contribution is 5.88. The summed E-state index contributed by atoms with van der Waals surface area (Å²) < 4.78 is 2.18. The Kier molecular flexibility index (Phi) is 4.17. The van der Waals surface area contributed by atoms with E-state index in [1.807, 2.05) is 18.5 Å². The van der Waals surface area contributed by atoms with Crippen molar-refractivity contribution in [3.8, 4) is 11.3 Å². The summed E-state index contributed by atoms with van der Waals surface area (Å²) in [6.45, 7) is 4.40. The van der Waals surface area contributed by atoms with Gasteiger partial charge in [-0.1, -0.05) is 26.0 Å². The number of pyridine rings is 2. The molecule has 3 aromatic heterocycles. The maximum atomic E-state index is 4.57. The fraction of sp³-hybridized carbons (Fsp3) is 0.182. The number of fused-ring (bicyclic) bond motifs is 1. The standard InChI is InChI=1S/C22H22N4/c1-15(2)16-6-8-19(9-7-16)25-22-12-21-18(14-24-22)11-20(26(21)3)17-5-4-10-23-13-17/h4-15H,1-3H3,(H,24,25). The van der Waals surface area contributed by atoms with Crippen molar-refractivity contribution in [3.05, 3.63) is 72.7 Å². The van der Waals surface area contributed by atoms with Crippen LogP contribution in [-0.4, -0.2) is 14.5 Å². The molecule has 4 aromatic rings. The van der Waals surface area contributed by atoms with Crippen LogP contribution in [0, 0.1) is 0 Å². The molecule has 0 atom stereocenters. The summed E-state index contributed by atoms with van der Waals surface area (Å²) in [4.78, 5) is 8.79. The van der Waals surface area contributed by atoms with E-state index in [1.165, 1.54) is 5.56 Å². The molecule has 0 saturated carbocycles. The minimum absolute atomic E-state index is 0.535. The van der Waals surface area contributed by atoms with E-state index in [-0.39, 0.29) is 0 Å². The Morgan fingerprint density at radius 1 is 1.00 bits per heavy atom. The normalized spacial score (nSPS) is 11.2. The molecule has 1 N–H and O–H groups in total. The van der Waals surface area contributed by atoms with Crippen molar-refractivity contribution in [2.75, 3.05) is 5.32 Å². The van der Waals surface area contributed by atoms with Gasteiger partial charge < -0.3 is 9.88 Å². The molecule has 0 amide bonds. The van der Waals surface area contributed by atoms with Crippen LogP contribution in [0.15, 0.2) is 67.1 Å². The van der Waals surface area contributed by atoms with Gasteiger partial charge in [-0.3, -0.25) is 4.98 Å². The Hall–Kier alpha value is -3.14. The molecule has 0 aliphatic heterocycles. The molecule has 3 heterocycles. The van der Waals surface area contributed by atoms with Gasteiger partial charge in [0.05, 0.1) is 11.2 Å². The van der Waals surface area contributed by atoms with E-state index in [1.54, 1.807) is 6.20 Å². The van der Waals surface area contributed by atoms with Crippen molar-refractivity contribution < 1.29 is 0 Å². The molecule has 1 aromatic carbocycles. The van der Waals surface area contributed by atoms with Gasteiger partial charge in [-0.15, -0.1) is 0 Å². The van der Waals surface area contributed by atoms with Gasteiger partial charge >= 0.3 is 0 Å². The van der Waals surface area contributed by atoms with Crippen LogP contribution in [-0.2, 0) is 7.05 Å². The molecule has 0 aliphatic carbocycles. The number of hydrogen-bond donors (Lipinski definition) is 1. The summed E-state index contributed by atoms with van der Waals surface area (Å²) in [7, 11) is 2.08. The summed E-state index contributed by atoms with van der Waals surface area (Å²) in [6.07, 6.45) is 5.59. The third kappa shape index (κ3) is 3.06. The predicted octanol–water partition coefficient (Wildman–Crippen LogP) is 5.50. The van der Waals surface area contributed by atoms with E-state index in [4.69, 9.17) is 0 Å². The predicted molar refractivity (Wildman–Crippen MR) is 108 cm³/mol. The molecular weight excluding hydrogens is 320 g/mol. The minimum atomic E-state index is 0.535. The third-order valence-corrected chi connectivity index (χ3v) is 4.73. The number of aromatic nitrogens is 3. The van der Waals surface area contributed by atoms with Crippen molar-refractivity contribution in [2.45, 2.75) is 19.8 Å². The highest BCUT2D eigenvalue weighted by Crippen LogP contribution is 2.28. The first-order valence-electron chi connectivity index (χ1n) is 8.84. The van der Waals surface area contributed by atoms with Crippen molar-refractivity contribution in [1.29, 1.82) is 0 Å². The quantitative estimate of drug-likeness (QED) is 0.532. The highest BCUT2D eigenvalue weighted by atomic mass is 15.0. The van der Waals surface area contributed by atoms with Crippen molar-refractivity contribution in [2.24, 2.45) is 7.05 Å². The monoisotopic (exact) mass is 342 g/mol. The summed E-state index contributed by atoms with van der Waals surface area (Å²) in [5.74, 6) is 1.38. The largest absolute Gasteiger partial charge is 0.343 e. The summed E-state index contributed by atoms with van der Waals surface area (Å²) in [6, 6.07) is 16.8. The first-order chi connectivity index (χ1) is 12.6. The van der Waals surface area contributed by atoms with Crippen LogP contribution < -0.4 is 5.32 Å². The van der Waals surface area contributed by atoms with E-state index >= 15 is 0 Å². The Balaban J connectivity index is 1.66.